The summed E-state index contributed by atoms with van der Waals surface area (Å²) >= 11 is 0. The van der Waals surface area contributed by atoms with Crippen LogP contribution >= 0.6 is 0 Å². The molecule has 0 saturated heterocycles. The van der Waals surface area contributed by atoms with Crippen molar-refractivity contribution in [3.63, 3.8) is 0 Å². The minimum absolute atomic E-state index is 0.0316. The first-order chi connectivity index (χ1) is 7.71. The van der Waals surface area contributed by atoms with Crippen molar-refractivity contribution < 1.29 is 15.0 Å². The monoisotopic (exact) mass is 223 g/mol. The van der Waals surface area contributed by atoms with Gasteiger partial charge in [0.15, 0.2) is 0 Å². The second-order valence-corrected chi connectivity index (χ2v) is 3.62. The number of hydrogen-bond donors (Lipinski definition) is 3. The van der Waals surface area contributed by atoms with Crippen LogP contribution in [0.5, 0.6) is 0 Å². The number of hydrogen-bond acceptors (Lipinski definition) is 3. The van der Waals surface area contributed by atoms with Crippen molar-refractivity contribution in [3.8, 4) is 0 Å². The average molecular weight is 223 g/mol. The van der Waals surface area contributed by atoms with E-state index in [9.17, 15) is 4.79 Å². The van der Waals surface area contributed by atoms with Gasteiger partial charge in [-0.2, -0.15) is 0 Å². The Kier molecular flexibility index (Phi) is 4.95. The summed E-state index contributed by atoms with van der Waals surface area (Å²) in [6.07, 6.45) is 0.691. The first-order valence-corrected chi connectivity index (χ1v) is 5.32. The van der Waals surface area contributed by atoms with Gasteiger partial charge in [0.2, 0.25) is 0 Å². The molecule has 1 amide bonds. The summed E-state index contributed by atoms with van der Waals surface area (Å²) in [6.45, 7) is 1.81. The fourth-order valence-electron chi connectivity index (χ4n) is 1.31. The van der Waals surface area contributed by atoms with Gasteiger partial charge in [-0.05, 0) is 24.1 Å². The summed E-state index contributed by atoms with van der Waals surface area (Å²) in [4.78, 5) is 11.7. The van der Waals surface area contributed by atoms with Gasteiger partial charge in [0.25, 0.3) is 5.91 Å². The Morgan fingerprint density at radius 3 is 2.38 bits per heavy atom. The van der Waals surface area contributed by atoms with Crippen LogP contribution < -0.4 is 5.32 Å². The standard InChI is InChI=1S/C12H17NO3/c1-2-11(8-15)13-12(16)10-5-3-9(7-14)4-6-10/h3-6,11,14-15H,2,7-8H2,1H3,(H,13,16)/t11-/m1/s1. The molecule has 88 valence electrons. The fourth-order valence-corrected chi connectivity index (χ4v) is 1.31. The lowest BCUT2D eigenvalue weighted by Crippen LogP contribution is -2.36. The van der Waals surface area contributed by atoms with Crippen molar-refractivity contribution in [2.45, 2.75) is 26.0 Å². The lowest BCUT2D eigenvalue weighted by atomic mass is 10.1. The maximum atomic E-state index is 11.7. The Morgan fingerprint density at radius 1 is 1.31 bits per heavy atom. The van der Waals surface area contributed by atoms with Gasteiger partial charge >= 0.3 is 0 Å². The van der Waals surface area contributed by atoms with Gasteiger partial charge in [0.05, 0.1) is 19.3 Å². The van der Waals surface area contributed by atoms with Gasteiger partial charge in [-0.3, -0.25) is 4.79 Å². The predicted octanol–water partition coefficient (Wildman–Crippen LogP) is 0.680. The molecular formula is C12H17NO3. The normalized spacial score (nSPS) is 12.2. The Morgan fingerprint density at radius 2 is 1.94 bits per heavy atom. The predicted molar refractivity (Wildman–Crippen MR) is 61.0 cm³/mol. The molecule has 0 aliphatic heterocycles. The van der Waals surface area contributed by atoms with Gasteiger partial charge in [-0.15, -0.1) is 0 Å². The molecule has 1 aromatic carbocycles. The SMILES string of the molecule is CC[C@H](CO)NC(=O)c1ccc(CO)cc1. The van der Waals surface area contributed by atoms with Crippen LogP contribution in [-0.2, 0) is 6.61 Å². The van der Waals surface area contributed by atoms with Crippen molar-refractivity contribution >= 4 is 5.91 Å². The smallest absolute Gasteiger partial charge is 0.251 e. The van der Waals surface area contributed by atoms with E-state index in [0.717, 1.165) is 5.56 Å². The third-order valence-electron chi connectivity index (χ3n) is 2.45. The van der Waals surface area contributed by atoms with Crippen LogP contribution in [0.3, 0.4) is 0 Å². The molecule has 0 heterocycles. The Labute approximate surface area is 94.9 Å². The molecule has 0 aromatic heterocycles. The molecule has 0 saturated carbocycles. The van der Waals surface area contributed by atoms with E-state index in [-0.39, 0.29) is 25.2 Å². The van der Waals surface area contributed by atoms with Crippen molar-refractivity contribution in [2.24, 2.45) is 0 Å². The molecule has 0 aliphatic rings. The Balaban J connectivity index is 2.65. The minimum Gasteiger partial charge on any atom is -0.394 e. The highest BCUT2D eigenvalue weighted by atomic mass is 16.3. The molecule has 0 spiro atoms. The summed E-state index contributed by atoms with van der Waals surface area (Å²) in [6, 6.07) is 6.52. The molecule has 0 radical (unpaired) electrons. The number of nitrogens with one attached hydrogen (secondary N) is 1. The van der Waals surface area contributed by atoms with E-state index in [1.165, 1.54) is 0 Å². The third-order valence-corrected chi connectivity index (χ3v) is 2.45. The van der Waals surface area contributed by atoms with Crippen molar-refractivity contribution in [1.82, 2.24) is 5.32 Å². The summed E-state index contributed by atoms with van der Waals surface area (Å²) in [5.74, 6) is -0.203. The molecule has 1 rings (SSSR count). The summed E-state index contributed by atoms with van der Waals surface area (Å²) in [5, 5.41) is 20.5. The number of benzene rings is 1. The second kappa shape index (κ2) is 6.25. The molecule has 16 heavy (non-hydrogen) atoms. The highest BCUT2D eigenvalue weighted by Crippen LogP contribution is 2.05. The van der Waals surface area contributed by atoms with Gasteiger partial charge < -0.3 is 15.5 Å². The van der Waals surface area contributed by atoms with Crippen LogP contribution in [0.2, 0.25) is 0 Å². The van der Waals surface area contributed by atoms with Crippen molar-refractivity contribution in [3.05, 3.63) is 35.4 Å². The second-order valence-electron chi connectivity index (χ2n) is 3.62. The highest BCUT2D eigenvalue weighted by molar-refractivity contribution is 5.94. The Bertz CT molecular complexity index is 331. The zero-order valence-corrected chi connectivity index (χ0v) is 9.31. The first-order valence-electron chi connectivity index (χ1n) is 5.32. The van der Waals surface area contributed by atoms with E-state index >= 15 is 0 Å². The molecule has 1 aromatic rings. The van der Waals surface area contributed by atoms with E-state index in [0.29, 0.717) is 12.0 Å². The first kappa shape index (κ1) is 12.7. The molecule has 0 fully saturated rings. The zero-order chi connectivity index (χ0) is 12.0. The minimum atomic E-state index is -0.204. The van der Waals surface area contributed by atoms with Gasteiger partial charge in [0.1, 0.15) is 0 Å². The molecule has 4 heteroatoms. The summed E-state index contributed by atoms with van der Waals surface area (Å²) in [7, 11) is 0. The average Bonchev–Trinajstić information content (AvgIpc) is 2.35. The van der Waals surface area contributed by atoms with E-state index in [1.807, 2.05) is 6.92 Å². The molecule has 4 nitrogen and oxygen atoms in total. The third kappa shape index (κ3) is 3.32. The van der Waals surface area contributed by atoms with Crippen LogP contribution in [0, 0.1) is 0 Å². The topological polar surface area (TPSA) is 69.6 Å². The number of carbonyl (C=O) groups is 1. The molecule has 0 aliphatic carbocycles. The van der Waals surface area contributed by atoms with Crippen molar-refractivity contribution in [1.29, 1.82) is 0 Å². The van der Waals surface area contributed by atoms with Crippen LogP contribution in [0.15, 0.2) is 24.3 Å². The fraction of sp³-hybridized carbons (Fsp3) is 0.417. The molecule has 0 bridgehead atoms. The van der Waals surface area contributed by atoms with Gasteiger partial charge in [0, 0.05) is 5.56 Å². The number of amides is 1. The summed E-state index contributed by atoms with van der Waals surface area (Å²) in [5.41, 5.74) is 1.30. The van der Waals surface area contributed by atoms with E-state index < -0.39 is 0 Å². The number of carbonyl (C=O) groups excluding carboxylic acids is 1. The maximum absolute atomic E-state index is 11.7. The molecule has 0 unspecified atom stereocenters. The largest absolute Gasteiger partial charge is 0.394 e. The van der Waals surface area contributed by atoms with E-state index in [4.69, 9.17) is 10.2 Å². The quantitative estimate of drug-likeness (QED) is 0.687. The summed E-state index contributed by atoms with van der Waals surface area (Å²) < 4.78 is 0. The van der Waals surface area contributed by atoms with Crippen LogP contribution in [0.4, 0.5) is 0 Å². The molecule has 1 atom stereocenters. The van der Waals surface area contributed by atoms with Gasteiger partial charge in [-0.1, -0.05) is 19.1 Å². The molecule has 3 N–H and O–H groups in total. The maximum Gasteiger partial charge on any atom is 0.251 e. The van der Waals surface area contributed by atoms with E-state index in [2.05, 4.69) is 5.32 Å². The van der Waals surface area contributed by atoms with Crippen LogP contribution in [0.1, 0.15) is 29.3 Å². The zero-order valence-electron chi connectivity index (χ0n) is 9.31. The number of aliphatic hydroxyl groups excluding tert-OH is 2. The Hall–Kier alpha value is -1.39. The van der Waals surface area contributed by atoms with Crippen LogP contribution in [0.25, 0.3) is 0 Å². The lowest BCUT2D eigenvalue weighted by Gasteiger charge is -2.13. The number of rotatable bonds is 5. The van der Waals surface area contributed by atoms with Gasteiger partial charge in [-0.25, -0.2) is 0 Å². The van der Waals surface area contributed by atoms with Crippen LogP contribution in [-0.4, -0.2) is 28.8 Å². The van der Waals surface area contributed by atoms with E-state index in [1.54, 1.807) is 24.3 Å². The van der Waals surface area contributed by atoms with Crippen molar-refractivity contribution in [2.75, 3.05) is 6.61 Å². The lowest BCUT2D eigenvalue weighted by molar-refractivity contribution is 0.0915. The number of aliphatic hydroxyl groups is 2. The highest BCUT2D eigenvalue weighted by Gasteiger charge is 2.10. The molecular weight excluding hydrogens is 206 g/mol.